The predicted octanol–water partition coefficient (Wildman–Crippen LogP) is 3.43. The lowest BCUT2D eigenvalue weighted by Gasteiger charge is -2.18. The van der Waals surface area contributed by atoms with Gasteiger partial charge in [0.15, 0.2) is 0 Å². The van der Waals surface area contributed by atoms with Crippen molar-refractivity contribution >= 4 is 29.2 Å². The van der Waals surface area contributed by atoms with Crippen molar-refractivity contribution in [1.82, 2.24) is 9.13 Å². The molecule has 0 bridgehead atoms. The zero-order chi connectivity index (χ0) is 20.4. The summed E-state index contributed by atoms with van der Waals surface area (Å²) in [6.07, 6.45) is 0. The van der Waals surface area contributed by atoms with Gasteiger partial charge in [0.1, 0.15) is 6.54 Å². The third kappa shape index (κ3) is 3.88. The Morgan fingerprint density at radius 1 is 1.00 bits per heavy atom. The molecule has 6 nitrogen and oxygen atoms in total. The molecule has 0 spiro atoms. The van der Waals surface area contributed by atoms with Crippen molar-refractivity contribution in [2.24, 2.45) is 0 Å². The summed E-state index contributed by atoms with van der Waals surface area (Å²) in [4.78, 5) is 36.9. The lowest BCUT2D eigenvalue weighted by molar-refractivity contribution is -0.137. The van der Waals surface area contributed by atoms with Gasteiger partial charge in [-0.3, -0.25) is 14.2 Å². The highest BCUT2D eigenvalue weighted by molar-refractivity contribution is 6.42. The zero-order valence-corrected chi connectivity index (χ0v) is 16.4. The molecular formula is C20H16Cl2N2O4. The molecule has 0 aliphatic heterocycles. The van der Waals surface area contributed by atoms with Crippen LogP contribution in [0.3, 0.4) is 0 Å². The van der Waals surface area contributed by atoms with Crippen molar-refractivity contribution in [1.29, 1.82) is 0 Å². The minimum absolute atomic E-state index is 0.0979. The monoisotopic (exact) mass is 418 g/mol. The first-order valence-electron chi connectivity index (χ1n) is 8.35. The molecule has 1 N–H and O–H groups in total. The van der Waals surface area contributed by atoms with E-state index in [0.29, 0.717) is 26.9 Å². The summed E-state index contributed by atoms with van der Waals surface area (Å²) in [7, 11) is 0. The van der Waals surface area contributed by atoms with Gasteiger partial charge in [-0.2, -0.15) is 0 Å². The summed E-state index contributed by atoms with van der Waals surface area (Å²) in [6, 6.07) is 14.0. The van der Waals surface area contributed by atoms with Gasteiger partial charge in [-0.1, -0.05) is 59.6 Å². The fourth-order valence-electron chi connectivity index (χ4n) is 3.04. The number of rotatable bonds is 5. The highest BCUT2D eigenvalue weighted by atomic mass is 35.5. The van der Waals surface area contributed by atoms with E-state index in [1.54, 1.807) is 49.4 Å². The molecule has 28 heavy (non-hydrogen) atoms. The number of benzene rings is 2. The Morgan fingerprint density at radius 3 is 2.29 bits per heavy atom. The van der Waals surface area contributed by atoms with Crippen LogP contribution < -0.4 is 11.2 Å². The average Bonchev–Trinajstić information content (AvgIpc) is 2.67. The highest BCUT2D eigenvalue weighted by Crippen LogP contribution is 2.25. The molecule has 0 saturated carbocycles. The number of carboxylic acids is 1. The molecule has 0 atom stereocenters. The van der Waals surface area contributed by atoms with Crippen LogP contribution in [0.15, 0.2) is 58.1 Å². The Labute approximate surface area is 170 Å². The maximum absolute atomic E-state index is 13.0. The van der Waals surface area contributed by atoms with Gasteiger partial charge in [-0.05, 0) is 30.2 Å². The number of nitrogens with zero attached hydrogens (tertiary/aromatic N) is 2. The van der Waals surface area contributed by atoms with Crippen molar-refractivity contribution < 1.29 is 9.90 Å². The highest BCUT2D eigenvalue weighted by Gasteiger charge is 2.19. The van der Waals surface area contributed by atoms with Crippen LogP contribution in [0.5, 0.6) is 0 Å². The minimum Gasteiger partial charge on any atom is -0.480 e. The van der Waals surface area contributed by atoms with E-state index >= 15 is 0 Å². The summed E-state index contributed by atoms with van der Waals surface area (Å²) >= 11 is 12.0. The molecule has 0 radical (unpaired) electrons. The van der Waals surface area contributed by atoms with Crippen LogP contribution in [0.2, 0.25) is 10.0 Å². The SMILES string of the molecule is Cc1c(-c2ccccc2)n(Cc2ccc(Cl)c(Cl)c2)c(=O)n(CC(=O)O)c1=O. The van der Waals surface area contributed by atoms with Crippen LogP contribution in [0.25, 0.3) is 11.3 Å². The number of carboxylic acid groups (broad SMARTS) is 1. The molecule has 0 fully saturated rings. The van der Waals surface area contributed by atoms with E-state index in [1.165, 1.54) is 4.57 Å². The lowest BCUT2D eigenvalue weighted by atomic mass is 10.1. The van der Waals surface area contributed by atoms with Gasteiger partial charge >= 0.3 is 11.7 Å². The lowest BCUT2D eigenvalue weighted by Crippen LogP contribution is -2.43. The third-order valence-electron chi connectivity index (χ3n) is 4.32. The van der Waals surface area contributed by atoms with Crippen molar-refractivity contribution in [2.75, 3.05) is 0 Å². The van der Waals surface area contributed by atoms with Crippen molar-refractivity contribution in [3.8, 4) is 11.3 Å². The first kappa shape index (κ1) is 19.9. The molecular weight excluding hydrogens is 403 g/mol. The van der Waals surface area contributed by atoms with E-state index in [0.717, 1.165) is 4.57 Å². The molecule has 0 aliphatic rings. The summed E-state index contributed by atoms with van der Waals surface area (Å²) in [5.74, 6) is -1.27. The molecule has 8 heteroatoms. The molecule has 0 saturated heterocycles. The van der Waals surface area contributed by atoms with Crippen LogP contribution in [0, 0.1) is 6.92 Å². The molecule has 3 aromatic rings. The van der Waals surface area contributed by atoms with Crippen molar-refractivity contribution in [3.63, 3.8) is 0 Å². The van der Waals surface area contributed by atoms with E-state index in [4.69, 9.17) is 28.3 Å². The predicted molar refractivity (Wildman–Crippen MR) is 108 cm³/mol. The van der Waals surface area contributed by atoms with Crippen LogP contribution in [0.1, 0.15) is 11.1 Å². The molecule has 0 unspecified atom stereocenters. The number of aromatic nitrogens is 2. The summed E-state index contributed by atoms with van der Waals surface area (Å²) in [5, 5.41) is 9.82. The zero-order valence-electron chi connectivity index (χ0n) is 14.9. The number of hydrogen-bond acceptors (Lipinski definition) is 3. The smallest absolute Gasteiger partial charge is 0.332 e. The summed E-state index contributed by atoms with van der Waals surface area (Å²) in [5.41, 5.74) is 0.750. The maximum atomic E-state index is 13.0. The third-order valence-corrected chi connectivity index (χ3v) is 5.06. The second-order valence-corrected chi connectivity index (χ2v) is 7.06. The summed E-state index contributed by atoms with van der Waals surface area (Å²) in [6.45, 7) is 0.962. The van der Waals surface area contributed by atoms with Gasteiger partial charge in [0, 0.05) is 5.56 Å². The fourth-order valence-corrected chi connectivity index (χ4v) is 3.37. The molecule has 0 aliphatic carbocycles. The molecule has 0 amide bonds. The number of hydrogen-bond donors (Lipinski definition) is 1. The number of aliphatic carboxylic acids is 1. The number of carbonyl (C=O) groups is 1. The Balaban J connectivity index is 2.29. The van der Waals surface area contributed by atoms with Crippen molar-refractivity contribution in [2.45, 2.75) is 20.0 Å². The molecule has 1 aromatic heterocycles. The van der Waals surface area contributed by atoms with Gasteiger partial charge in [-0.25, -0.2) is 9.36 Å². The molecule has 144 valence electrons. The minimum atomic E-state index is -1.27. The quantitative estimate of drug-likeness (QED) is 0.687. The van der Waals surface area contributed by atoms with Crippen LogP contribution in [-0.4, -0.2) is 20.2 Å². The average molecular weight is 419 g/mol. The molecule has 1 heterocycles. The van der Waals surface area contributed by atoms with Gasteiger partial charge < -0.3 is 5.11 Å². The Morgan fingerprint density at radius 2 is 1.68 bits per heavy atom. The molecule has 3 rings (SSSR count). The van der Waals surface area contributed by atoms with E-state index < -0.39 is 23.8 Å². The van der Waals surface area contributed by atoms with Gasteiger partial charge in [0.25, 0.3) is 5.56 Å². The van der Waals surface area contributed by atoms with Crippen LogP contribution in [0.4, 0.5) is 0 Å². The Bertz CT molecular complexity index is 1170. The van der Waals surface area contributed by atoms with E-state index in [9.17, 15) is 14.4 Å². The topological polar surface area (TPSA) is 81.3 Å². The largest absolute Gasteiger partial charge is 0.480 e. The van der Waals surface area contributed by atoms with Gasteiger partial charge in [0.05, 0.1) is 22.3 Å². The standard InChI is InChI=1S/C20H16Cl2N2O4/c1-12-18(14-5-3-2-4-6-14)23(10-13-7-8-15(21)16(22)9-13)20(28)24(19(12)27)11-17(25)26/h2-9H,10-11H2,1H3,(H,25,26). The van der Waals surface area contributed by atoms with E-state index in [1.807, 2.05) is 6.07 Å². The van der Waals surface area contributed by atoms with E-state index in [-0.39, 0.29) is 12.1 Å². The van der Waals surface area contributed by atoms with Crippen LogP contribution >= 0.6 is 23.2 Å². The first-order chi connectivity index (χ1) is 13.3. The van der Waals surface area contributed by atoms with E-state index in [2.05, 4.69) is 0 Å². The van der Waals surface area contributed by atoms with Crippen molar-refractivity contribution in [3.05, 3.63) is 90.5 Å². The second-order valence-electron chi connectivity index (χ2n) is 6.24. The maximum Gasteiger partial charge on any atom is 0.332 e. The van der Waals surface area contributed by atoms with Crippen LogP contribution in [-0.2, 0) is 17.9 Å². The fraction of sp³-hybridized carbons (Fsp3) is 0.150. The Hall–Kier alpha value is -2.83. The Kier molecular flexibility index (Phi) is 5.72. The van der Waals surface area contributed by atoms with Gasteiger partial charge in [0.2, 0.25) is 0 Å². The normalized spacial score (nSPS) is 10.8. The first-order valence-corrected chi connectivity index (χ1v) is 9.10. The van der Waals surface area contributed by atoms with Gasteiger partial charge in [-0.15, -0.1) is 0 Å². The molecule has 2 aromatic carbocycles. The summed E-state index contributed by atoms with van der Waals surface area (Å²) < 4.78 is 2.11. The second kappa shape index (κ2) is 8.04. The number of halogens is 2.